The van der Waals surface area contributed by atoms with E-state index in [1.54, 1.807) is 12.3 Å². The van der Waals surface area contributed by atoms with Gasteiger partial charge in [0.15, 0.2) is 3.95 Å². The van der Waals surface area contributed by atoms with Crippen molar-refractivity contribution in [1.29, 1.82) is 0 Å². The Bertz CT molecular complexity index is 1950. The highest BCUT2D eigenvalue weighted by Crippen LogP contribution is 2.39. The standard InChI is InChI=1S/C34H26F3N3OS2/c35-34(36,37)28-11-5-10-27-30(25(20-39-31(27)28)16-21-6-2-1-3-7-21)24-8-4-9-26(18-24)38-19-23-14-12-22(13-15-23)17-29-32(41)40-33(42)43-29/h1-15,18,20,38,41H,16-17,19H2,(H,40,42). The number of thiazole rings is 1. The number of aromatic amines is 1. The topological polar surface area (TPSA) is 60.9 Å². The number of alkyl halides is 3. The highest BCUT2D eigenvalue weighted by Gasteiger charge is 2.33. The molecule has 0 bridgehead atoms. The third-order valence-electron chi connectivity index (χ3n) is 7.25. The molecule has 2 heterocycles. The minimum atomic E-state index is -4.51. The molecule has 6 aromatic rings. The summed E-state index contributed by atoms with van der Waals surface area (Å²) in [6.07, 6.45) is -1.82. The second kappa shape index (κ2) is 12.0. The first-order valence-corrected chi connectivity index (χ1v) is 14.8. The molecule has 0 unspecified atom stereocenters. The highest BCUT2D eigenvalue weighted by molar-refractivity contribution is 7.73. The molecule has 0 saturated heterocycles. The largest absolute Gasteiger partial charge is 0.494 e. The second-order valence-electron chi connectivity index (χ2n) is 10.2. The third kappa shape index (κ3) is 6.48. The SMILES string of the molecule is Oc1[nH]c(=S)sc1Cc1ccc(CNc2cccc(-c3c(Cc4ccccc4)cnc4c(C(F)(F)F)cccc34)c2)cc1. The Balaban J connectivity index is 1.29. The summed E-state index contributed by atoms with van der Waals surface area (Å²) in [6, 6.07) is 29.9. The van der Waals surface area contributed by atoms with Crippen molar-refractivity contribution < 1.29 is 18.3 Å². The zero-order valence-electron chi connectivity index (χ0n) is 22.8. The van der Waals surface area contributed by atoms with E-state index in [0.29, 0.717) is 28.7 Å². The van der Waals surface area contributed by atoms with Crippen molar-refractivity contribution in [3.05, 3.63) is 140 Å². The molecule has 0 saturated carbocycles. The van der Waals surface area contributed by atoms with Crippen molar-refractivity contribution in [2.75, 3.05) is 5.32 Å². The van der Waals surface area contributed by atoms with Gasteiger partial charge in [-0.05, 0) is 70.2 Å². The van der Waals surface area contributed by atoms with Gasteiger partial charge >= 0.3 is 6.18 Å². The van der Waals surface area contributed by atoms with Crippen LogP contribution in [0.2, 0.25) is 0 Å². The summed E-state index contributed by atoms with van der Waals surface area (Å²) in [5, 5.41) is 13.9. The van der Waals surface area contributed by atoms with Crippen molar-refractivity contribution >= 4 is 40.1 Å². The molecular formula is C34H26F3N3OS2. The Morgan fingerprint density at radius 2 is 1.56 bits per heavy atom. The maximum atomic E-state index is 13.9. The average molecular weight is 614 g/mol. The number of benzene rings is 4. The molecule has 0 atom stereocenters. The third-order valence-corrected chi connectivity index (χ3v) is 8.48. The second-order valence-corrected chi connectivity index (χ2v) is 12.0. The number of nitrogens with zero attached hydrogens (tertiary/aromatic N) is 1. The fourth-order valence-electron chi connectivity index (χ4n) is 5.20. The number of aromatic nitrogens is 2. The van der Waals surface area contributed by atoms with Gasteiger partial charge in [-0.15, -0.1) is 11.3 Å². The predicted molar refractivity (Wildman–Crippen MR) is 169 cm³/mol. The van der Waals surface area contributed by atoms with Crippen LogP contribution in [0.25, 0.3) is 22.0 Å². The van der Waals surface area contributed by atoms with Crippen LogP contribution in [0.3, 0.4) is 0 Å². The summed E-state index contributed by atoms with van der Waals surface area (Å²) in [4.78, 5) is 7.86. The normalized spacial score (nSPS) is 11.6. The van der Waals surface area contributed by atoms with E-state index >= 15 is 0 Å². The first-order valence-electron chi connectivity index (χ1n) is 13.6. The molecule has 0 amide bonds. The van der Waals surface area contributed by atoms with Crippen molar-refractivity contribution in [3.63, 3.8) is 0 Å². The number of pyridine rings is 1. The fraction of sp³-hybridized carbons (Fsp3) is 0.118. The number of H-pyrrole nitrogens is 1. The number of aromatic hydroxyl groups is 1. The Morgan fingerprint density at radius 3 is 2.28 bits per heavy atom. The van der Waals surface area contributed by atoms with Crippen LogP contribution in [0.1, 0.15) is 32.7 Å². The Kier molecular flexibility index (Phi) is 8.01. The molecule has 9 heteroatoms. The average Bonchev–Trinajstić information content (AvgIpc) is 3.32. The lowest BCUT2D eigenvalue weighted by Gasteiger charge is -2.17. The van der Waals surface area contributed by atoms with E-state index in [9.17, 15) is 18.3 Å². The van der Waals surface area contributed by atoms with E-state index in [1.165, 1.54) is 17.4 Å². The molecule has 0 aliphatic heterocycles. The van der Waals surface area contributed by atoms with Crippen molar-refractivity contribution in [1.82, 2.24) is 9.97 Å². The molecule has 0 aliphatic carbocycles. The van der Waals surface area contributed by atoms with E-state index < -0.39 is 11.7 Å². The zero-order valence-corrected chi connectivity index (χ0v) is 24.4. The van der Waals surface area contributed by atoms with E-state index in [2.05, 4.69) is 15.3 Å². The summed E-state index contributed by atoms with van der Waals surface area (Å²) in [5.41, 5.74) is 5.62. The molecule has 2 aromatic heterocycles. The molecule has 0 fully saturated rings. The number of hydrogen-bond acceptors (Lipinski definition) is 5. The molecule has 0 aliphatic rings. The summed E-state index contributed by atoms with van der Waals surface area (Å²) in [7, 11) is 0. The van der Waals surface area contributed by atoms with Crippen molar-refractivity contribution in [3.8, 4) is 17.0 Å². The Morgan fingerprint density at radius 1 is 0.837 bits per heavy atom. The molecule has 216 valence electrons. The minimum Gasteiger partial charge on any atom is -0.494 e. The van der Waals surface area contributed by atoms with Gasteiger partial charge in [-0.1, -0.05) is 78.9 Å². The Hall–Kier alpha value is -4.47. The fourth-order valence-corrected chi connectivity index (χ4v) is 6.36. The monoisotopic (exact) mass is 613 g/mol. The van der Waals surface area contributed by atoms with Gasteiger partial charge in [0.2, 0.25) is 5.88 Å². The quantitative estimate of drug-likeness (QED) is 0.150. The summed E-state index contributed by atoms with van der Waals surface area (Å²) >= 11 is 6.47. The number of nitrogens with one attached hydrogen (secondary N) is 2. The predicted octanol–water partition coefficient (Wildman–Crippen LogP) is 9.54. The van der Waals surface area contributed by atoms with Crippen LogP contribution in [0, 0.1) is 3.95 Å². The molecular weight excluding hydrogens is 588 g/mol. The van der Waals surface area contributed by atoms with Gasteiger partial charge in [0.25, 0.3) is 0 Å². The molecule has 0 spiro atoms. The van der Waals surface area contributed by atoms with Crippen LogP contribution >= 0.6 is 23.6 Å². The zero-order chi connectivity index (χ0) is 30.0. The lowest BCUT2D eigenvalue weighted by Crippen LogP contribution is -2.07. The van der Waals surface area contributed by atoms with E-state index in [1.807, 2.05) is 78.9 Å². The molecule has 4 aromatic carbocycles. The minimum absolute atomic E-state index is 0.0575. The van der Waals surface area contributed by atoms with Crippen LogP contribution in [0.15, 0.2) is 103 Å². The summed E-state index contributed by atoms with van der Waals surface area (Å²) in [5.74, 6) is 0.115. The van der Waals surface area contributed by atoms with E-state index in [-0.39, 0.29) is 11.4 Å². The van der Waals surface area contributed by atoms with Gasteiger partial charge in [-0.2, -0.15) is 13.2 Å². The summed E-state index contributed by atoms with van der Waals surface area (Å²) in [6.45, 7) is 0.560. The number of para-hydroxylation sites is 1. The van der Waals surface area contributed by atoms with Crippen LogP contribution in [-0.2, 0) is 25.6 Å². The van der Waals surface area contributed by atoms with Gasteiger partial charge < -0.3 is 15.4 Å². The van der Waals surface area contributed by atoms with Crippen LogP contribution in [-0.4, -0.2) is 15.1 Å². The van der Waals surface area contributed by atoms with Crippen LogP contribution in [0.5, 0.6) is 5.88 Å². The van der Waals surface area contributed by atoms with Gasteiger partial charge in [-0.3, -0.25) is 4.98 Å². The number of fused-ring (bicyclic) bond motifs is 1. The van der Waals surface area contributed by atoms with Gasteiger partial charge in [-0.25, -0.2) is 0 Å². The van der Waals surface area contributed by atoms with Crippen LogP contribution < -0.4 is 5.32 Å². The molecule has 6 rings (SSSR count). The molecule has 4 nitrogen and oxygen atoms in total. The van der Waals surface area contributed by atoms with Gasteiger partial charge in [0, 0.05) is 30.2 Å². The maximum Gasteiger partial charge on any atom is 0.418 e. The van der Waals surface area contributed by atoms with Gasteiger partial charge in [0.05, 0.1) is 16.0 Å². The Labute approximate surface area is 255 Å². The first-order chi connectivity index (χ1) is 20.7. The lowest BCUT2D eigenvalue weighted by molar-refractivity contribution is -0.136. The van der Waals surface area contributed by atoms with E-state index in [4.69, 9.17) is 12.2 Å². The number of rotatable bonds is 8. The van der Waals surface area contributed by atoms with Crippen molar-refractivity contribution in [2.24, 2.45) is 0 Å². The maximum absolute atomic E-state index is 13.9. The number of halogens is 3. The highest BCUT2D eigenvalue weighted by atomic mass is 32.1. The van der Waals surface area contributed by atoms with E-state index in [0.717, 1.165) is 50.0 Å². The smallest absolute Gasteiger partial charge is 0.418 e. The number of hydrogen-bond donors (Lipinski definition) is 3. The molecule has 3 N–H and O–H groups in total. The lowest BCUT2D eigenvalue weighted by atomic mass is 9.91. The summed E-state index contributed by atoms with van der Waals surface area (Å²) < 4.78 is 42.3. The first kappa shape index (κ1) is 28.6. The van der Waals surface area contributed by atoms with Crippen molar-refractivity contribution in [2.45, 2.75) is 25.6 Å². The van der Waals surface area contributed by atoms with Gasteiger partial charge in [0.1, 0.15) is 0 Å². The number of anilines is 1. The van der Waals surface area contributed by atoms with Crippen LogP contribution in [0.4, 0.5) is 18.9 Å². The molecule has 0 radical (unpaired) electrons. The molecule has 43 heavy (non-hydrogen) atoms.